The molecule has 1 aliphatic heterocycles. The van der Waals surface area contributed by atoms with E-state index in [1.165, 1.54) is 24.3 Å². The number of likely N-dealkylation sites (tertiary alicyclic amines) is 1. The van der Waals surface area contributed by atoms with Gasteiger partial charge in [0.25, 0.3) is 5.91 Å². The lowest BCUT2D eigenvalue weighted by Crippen LogP contribution is -2.37. The molecule has 1 aliphatic rings. The zero-order chi connectivity index (χ0) is 19.7. The number of nitrogens with zero attached hydrogens (tertiary/aromatic N) is 2. The Morgan fingerprint density at radius 2 is 1.96 bits per heavy atom. The lowest BCUT2D eigenvalue weighted by molar-refractivity contribution is -0.137. The zero-order valence-electron chi connectivity index (χ0n) is 14.8. The summed E-state index contributed by atoms with van der Waals surface area (Å²) in [6.45, 7) is 1.20. The van der Waals surface area contributed by atoms with Crippen LogP contribution in [-0.4, -0.2) is 28.9 Å². The Morgan fingerprint density at radius 1 is 1.18 bits per heavy atom. The first-order chi connectivity index (χ1) is 13.4. The average molecular weight is 406 g/mol. The maximum atomic E-state index is 12.9. The summed E-state index contributed by atoms with van der Waals surface area (Å²) in [7, 11) is 0. The van der Waals surface area contributed by atoms with E-state index < -0.39 is 11.7 Å². The van der Waals surface area contributed by atoms with Crippen LogP contribution >= 0.6 is 11.3 Å². The van der Waals surface area contributed by atoms with Crippen molar-refractivity contribution in [3.63, 3.8) is 0 Å². The van der Waals surface area contributed by atoms with E-state index in [4.69, 9.17) is 4.42 Å². The average Bonchev–Trinajstić information content (AvgIpc) is 3.39. The van der Waals surface area contributed by atoms with Crippen LogP contribution in [0.15, 0.2) is 52.4 Å². The third-order valence-electron chi connectivity index (χ3n) is 4.87. The van der Waals surface area contributed by atoms with E-state index in [0.29, 0.717) is 19.0 Å². The van der Waals surface area contributed by atoms with Crippen LogP contribution in [0.5, 0.6) is 0 Å². The van der Waals surface area contributed by atoms with Gasteiger partial charge in [-0.2, -0.15) is 13.2 Å². The molecule has 4 nitrogen and oxygen atoms in total. The third kappa shape index (κ3) is 3.82. The van der Waals surface area contributed by atoms with Crippen molar-refractivity contribution in [2.75, 3.05) is 13.1 Å². The van der Waals surface area contributed by atoms with Crippen LogP contribution < -0.4 is 0 Å². The largest absolute Gasteiger partial charge is 0.451 e. The Bertz CT molecular complexity index is 958. The molecular formula is C20H17F3N2O2S. The fourth-order valence-electron chi connectivity index (χ4n) is 3.38. The number of rotatable bonds is 3. The van der Waals surface area contributed by atoms with Gasteiger partial charge in [-0.05, 0) is 37.1 Å². The number of aromatic nitrogens is 1. The minimum Gasteiger partial charge on any atom is -0.451 e. The predicted octanol–water partition coefficient (Wildman–Crippen LogP) is 5.44. The van der Waals surface area contributed by atoms with Crippen molar-refractivity contribution < 1.29 is 22.4 Å². The van der Waals surface area contributed by atoms with Gasteiger partial charge in [-0.1, -0.05) is 12.1 Å². The second-order valence-corrected chi connectivity index (χ2v) is 7.61. The Labute approximate surface area is 163 Å². The second kappa shape index (κ2) is 7.43. The van der Waals surface area contributed by atoms with Crippen molar-refractivity contribution in [1.29, 1.82) is 0 Å². The molecule has 4 rings (SSSR count). The predicted molar refractivity (Wildman–Crippen MR) is 99.1 cm³/mol. The summed E-state index contributed by atoms with van der Waals surface area (Å²) in [5, 5.41) is 3.04. The number of carbonyl (C=O) groups is 1. The van der Waals surface area contributed by atoms with Crippen molar-refractivity contribution in [2.24, 2.45) is 0 Å². The van der Waals surface area contributed by atoms with Gasteiger partial charge in [-0.3, -0.25) is 4.79 Å². The van der Waals surface area contributed by atoms with Gasteiger partial charge < -0.3 is 9.32 Å². The summed E-state index contributed by atoms with van der Waals surface area (Å²) in [6, 6.07) is 7.93. The number of thiazole rings is 1. The Balaban J connectivity index is 1.45. The van der Waals surface area contributed by atoms with Crippen LogP contribution in [0.2, 0.25) is 0 Å². The van der Waals surface area contributed by atoms with Crippen molar-refractivity contribution in [3.8, 4) is 11.3 Å². The first-order valence-electron chi connectivity index (χ1n) is 8.88. The maximum Gasteiger partial charge on any atom is 0.416 e. The molecule has 0 saturated carbocycles. The molecule has 1 fully saturated rings. The van der Waals surface area contributed by atoms with Gasteiger partial charge in [0, 0.05) is 36.1 Å². The number of carbonyl (C=O) groups excluding carboxylic acids is 1. The molecule has 0 aliphatic carbocycles. The highest BCUT2D eigenvalue weighted by Gasteiger charge is 2.31. The van der Waals surface area contributed by atoms with Gasteiger partial charge in [0.15, 0.2) is 5.76 Å². The number of alkyl halides is 3. The number of benzene rings is 1. The lowest BCUT2D eigenvalue weighted by Gasteiger charge is -2.30. The number of hydrogen-bond acceptors (Lipinski definition) is 4. The minimum atomic E-state index is -4.43. The van der Waals surface area contributed by atoms with Crippen molar-refractivity contribution in [2.45, 2.75) is 24.9 Å². The summed E-state index contributed by atoms with van der Waals surface area (Å²) >= 11 is 1.63. The third-order valence-corrected chi connectivity index (χ3v) is 5.81. The Morgan fingerprint density at radius 3 is 2.64 bits per heavy atom. The van der Waals surface area contributed by atoms with E-state index in [9.17, 15) is 18.0 Å². The highest BCUT2D eigenvalue weighted by molar-refractivity contribution is 7.09. The molecule has 0 bridgehead atoms. The van der Waals surface area contributed by atoms with E-state index in [0.717, 1.165) is 30.0 Å². The number of hydrogen-bond donors (Lipinski definition) is 0. The topological polar surface area (TPSA) is 46.3 Å². The highest BCUT2D eigenvalue weighted by Crippen LogP contribution is 2.33. The van der Waals surface area contributed by atoms with E-state index in [1.807, 2.05) is 5.38 Å². The molecule has 0 N–H and O–H groups in total. The summed E-state index contributed by atoms with van der Waals surface area (Å²) in [5.74, 6) is 0.504. The number of piperidine rings is 1. The molecule has 1 aromatic carbocycles. The molecule has 3 aromatic rings. The summed E-state index contributed by atoms with van der Waals surface area (Å²) in [5.41, 5.74) is -0.463. The monoisotopic (exact) mass is 406 g/mol. The van der Waals surface area contributed by atoms with Gasteiger partial charge in [0.05, 0.1) is 10.6 Å². The molecule has 28 heavy (non-hydrogen) atoms. The molecule has 3 heterocycles. The normalized spacial score (nSPS) is 15.8. The van der Waals surface area contributed by atoms with Gasteiger partial charge in [-0.25, -0.2) is 4.98 Å². The van der Waals surface area contributed by atoms with Crippen molar-refractivity contribution >= 4 is 17.2 Å². The number of halogens is 3. The van der Waals surface area contributed by atoms with Gasteiger partial charge in [0.2, 0.25) is 0 Å². The van der Waals surface area contributed by atoms with E-state index >= 15 is 0 Å². The van der Waals surface area contributed by atoms with Crippen LogP contribution in [-0.2, 0) is 6.18 Å². The second-order valence-electron chi connectivity index (χ2n) is 6.68. The Kier molecular flexibility index (Phi) is 4.97. The smallest absolute Gasteiger partial charge is 0.416 e. The SMILES string of the molecule is O=C(c1ccc(-c2cccc(C(F)(F)F)c2)o1)N1CCC(c2nccs2)CC1. The standard InChI is InChI=1S/C20H17F3N2O2S/c21-20(22,23)15-3-1-2-14(12-15)16-4-5-17(27-16)19(26)25-9-6-13(7-10-25)18-24-8-11-28-18/h1-5,8,11-13H,6-7,9-10H2. The quantitative estimate of drug-likeness (QED) is 0.582. The van der Waals surface area contributed by atoms with E-state index in [-0.39, 0.29) is 23.0 Å². The van der Waals surface area contributed by atoms with Crippen LogP contribution in [0.3, 0.4) is 0 Å². The van der Waals surface area contributed by atoms with Gasteiger partial charge >= 0.3 is 6.18 Å². The molecule has 1 saturated heterocycles. The molecule has 146 valence electrons. The van der Waals surface area contributed by atoms with Crippen LogP contribution in [0.4, 0.5) is 13.2 Å². The summed E-state index contributed by atoms with van der Waals surface area (Å²) < 4.78 is 44.3. The minimum absolute atomic E-state index is 0.139. The van der Waals surface area contributed by atoms with Crippen molar-refractivity contribution in [3.05, 3.63) is 64.3 Å². The van der Waals surface area contributed by atoms with E-state index in [1.54, 1.807) is 22.4 Å². The lowest BCUT2D eigenvalue weighted by atomic mass is 9.97. The van der Waals surface area contributed by atoms with Crippen LogP contribution in [0, 0.1) is 0 Å². The fourth-order valence-corrected chi connectivity index (χ4v) is 4.19. The van der Waals surface area contributed by atoms with Gasteiger partial charge in [-0.15, -0.1) is 11.3 Å². The Hall–Kier alpha value is -2.61. The van der Waals surface area contributed by atoms with Gasteiger partial charge in [0.1, 0.15) is 5.76 Å². The number of amides is 1. The van der Waals surface area contributed by atoms with Crippen LogP contribution in [0.1, 0.15) is 39.9 Å². The molecule has 0 atom stereocenters. The molecular weight excluding hydrogens is 389 g/mol. The van der Waals surface area contributed by atoms with E-state index in [2.05, 4.69) is 4.98 Å². The molecule has 0 unspecified atom stereocenters. The zero-order valence-corrected chi connectivity index (χ0v) is 15.6. The number of furan rings is 1. The summed E-state index contributed by atoms with van der Waals surface area (Å²) in [4.78, 5) is 18.8. The molecule has 0 spiro atoms. The first kappa shape index (κ1) is 18.7. The first-order valence-corrected chi connectivity index (χ1v) is 9.76. The molecule has 8 heteroatoms. The summed E-state index contributed by atoms with van der Waals surface area (Å²) in [6.07, 6.45) is -0.973. The van der Waals surface area contributed by atoms with Crippen LogP contribution in [0.25, 0.3) is 11.3 Å². The van der Waals surface area contributed by atoms with Crippen molar-refractivity contribution in [1.82, 2.24) is 9.88 Å². The maximum absolute atomic E-state index is 12.9. The molecule has 0 radical (unpaired) electrons. The fraction of sp³-hybridized carbons (Fsp3) is 0.300. The molecule has 1 amide bonds. The highest BCUT2D eigenvalue weighted by atomic mass is 32.1. The molecule has 2 aromatic heterocycles.